The number of nitrogens with two attached hydrogens (primary N) is 1. The van der Waals surface area contributed by atoms with Crippen molar-refractivity contribution in [3.05, 3.63) is 0 Å². The smallest absolute Gasteiger partial charge is 0.323 e. The highest BCUT2D eigenvalue weighted by atomic mass is 31.0. The van der Waals surface area contributed by atoms with Gasteiger partial charge in [-0.05, 0) is 0 Å². The number of carboxylic acid groups (broad SMARTS) is 1. The molecule has 0 spiro atoms. The number of nitrogens with one attached hydrogen (secondary N) is 1. The first-order valence-corrected chi connectivity index (χ1v) is 2.31. The number of rotatable bonds is 2. The van der Waals surface area contributed by atoms with Crippen molar-refractivity contribution in [2.45, 2.75) is 0 Å². The third-order valence-corrected chi connectivity index (χ3v) is 0.784. The van der Waals surface area contributed by atoms with Crippen molar-refractivity contribution in [3.63, 3.8) is 0 Å². The summed E-state index contributed by atoms with van der Waals surface area (Å²) in [5, 5.41) is 14.9. The zero-order chi connectivity index (χ0) is 7.44. The van der Waals surface area contributed by atoms with Crippen LogP contribution in [0.2, 0.25) is 0 Å². The maximum absolute atomic E-state index is 9.92. The van der Waals surface area contributed by atoms with Gasteiger partial charge in [-0.2, -0.15) is 0 Å². The van der Waals surface area contributed by atoms with Crippen LogP contribution in [0.4, 0.5) is 0 Å². The molecule has 4 N–H and O–H groups in total. The number of guanidine groups is 1. The quantitative estimate of drug-likeness (QED) is 0.297. The summed E-state index contributed by atoms with van der Waals surface area (Å²) in [5.41, 5.74) is 4.93. The fourth-order valence-electron chi connectivity index (χ4n) is 0.288. The molecule has 0 bridgehead atoms. The minimum atomic E-state index is -0.993. The lowest BCUT2D eigenvalue weighted by molar-refractivity contribution is -0.137. The molecule has 0 amide bonds. The van der Waals surface area contributed by atoms with E-state index in [-0.39, 0.29) is 22.4 Å². The largest absolute Gasteiger partial charge is 0.480 e. The van der Waals surface area contributed by atoms with Crippen LogP contribution in [0.15, 0.2) is 0 Å². The predicted octanol–water partition coefficient (Wildman–Crippen LogP) is -0.243. The van der Waals surface area contributed by atoms with E-state index in [9.17, 15) is 4.79 Å². The highest BCUT2D eigenvalue weighted by molar-refractivity contribution is 6.92. The topological polar surface area (TPSA) is 90.4 Å². The molecule has 0 aromatic rings. The molecule has 0 atom stereocenters. The van der Waals surface area contributed by atoms with E-state index in [1.807, 2.05) is 0 Å². The Labute approximate surface area is 62.3 Å². The fraction of sp³-hybridized carbons (Fsp3) is 0.500. The Morgan fingerprint density at radius 2 is 2.20 bits per heavy atom. The highest BCUT2D eigenvalue weighted by Gasteiger charge is 2.03. The maximum atomic E-state index is 9.92. The number of nitrogens with zero attached hydrogens (tertiary/aromatic N) is 1. The number of likely N-dealkylation sites (N-methyl/N-ethyl adjacent to an activating group) is 1. The number of carboxylic acids is 1. The van der Waals surface area contributed by atoms with Crippen molar-refractivity contribution in [1.82, 2.24) is 4.90 Å². The summed E-state index contributed by atoms with van der Waals surface area (Å²) in [6.07, 6.45) is 0. The standard InChI is InChI=1S/C4H9N3O2.P/c1-7(4(5)6)2-3(8)9;/h2H2,1H3,(H3,5,6)(H,8,9);. The van der Waals surface area contributed by atoms with Gasteiger partial charge >= 0.3 is 5.97 Å². The molecule has 0 aliphatic rings. The van der Waals surface area contributed by atoms with Crippen molar-refractivity contribution in [1.29, 1.82) is 5.41 Å². The van der Waals surface area contributed by atoms with Gasteiger partial charge in [0, 0.05) is 16.9 Å². The SMILES string of the molecule is CN(CC(=O)O)C(=N)N.[P]. The Hall–Kier alpha value is -0.830. The lowest BCUT2D eigenvalue weighted by Gasteiger charge is -2.12. The summed E-state index contributed by atoms with van der Waals surface area (Å²) < 4.78 is 0. The van der Waals surface area contributed by atoms with Gasteiger partial charge in [-0.25, -0.2) is 0 Å². The van der Waals surface area contributed by atoms with Gasteiger partial charge in [0.2, 0.25) is 0 Å². The van der Waals surface area contributed by atoms with Crippen molar-refractivity contribution < 1.29 is 9.90 Å². The number of hydrogen-bond acceptors (Lipinski definition) is 2. The minimum Gasteiger partial charge on any atom is -0.480 e. The van der Waals surface area contributed by atoms with E-state index in [0.29, 0.717) is 0 Å². The molecule has 57 valence electrons. The minimum absolute atomic E-state index is 0. The summed E-state index contributed by atoms with van der Waals surface area (Å²) in [6.45, 7) is -0.227. The van der Waals surface area contributed by atoms with Gasteiger partial charge in [0.25, 0.3) is 0 Å². The molecule has 0 unspecified atom stereocenters. The monoisotopic (exact) mass is 162 g/mol. The molecule has 0 heterocycles. The van der Waals surface area contributed by atoms with Gasteiger partial charge in [-0.15, -0.1) is 0 Å². The Bertz CT molecular complexity index is 138. The molecule has 0 saturated heterocycles. The highest BCUT2D eigenvalue weighted by Crippen LogP contribution is 1.76. The van der Waals surface area contributed by atoms with E-state index in [1.165, 1.54) is 7.05 Å². The molecule has 10 heavy (non-hydrogen) atoms. The van der Waals surface area contributed by atoms with Crippen molar-refractivity contribution >= 4 is 21.8 Å². The van der Waals surface area contributed by atoms with Crippen molar-refractivity contribution in [2.75, 3.05) is 13.6 Å². The zero-order valence-corrected chi connectivity index (χ0v) is 6.43. The number of hydrogen-bond donors (Lipinski definition) is 3. The maximum Gasteiger partial charge on any atom is 0.323 e. The fourth-order valence-corrected chi connectivity index (χ4v) is 0.288. The molecular formula is C4H9N3O2P. The normalized spacial score (nSPS) is 7.70. The van der Waals surface area contributed by atoms with E-state index in [2.05, 4.69) is 0 Å². The van der Waals surface area contributed by atoms with Crippen LogP contribution >= 0.6 is 9.90 Å². The van der Waals surface area contributed by atoms with E-state index < -0.39 is 5.97 Å². The van der Waals surface area contributed by atoms with Crippen LogP contribution < -0.4 is 5.73 Å². The van der Waals surface area contributed by atoms with Crippen LogP contribution in [-0.2, 0) is 4.79 Å². The van der Waals surface area contributed by atoms with Crippen LogP contribution in [0.25, 0.3) is 0 Å². The van der Waals surface area contributed by atoms with E-state index >= 15 is 0 Å². The second-order valence-corrected chi connectivity index (χ2v) is 1.64. The van der Waals surface area contributed by atoms with Gasteiger partial charge in [0.05, 0.1) is 0 Å². The molecule has 0 fully saturated rings. The van der Waals surface area contributed by atoms with Crippen LogP contribution in [0.3, 0.4) is 0 Å². The Morgan fingerprint density at radius 3 is 2.30 bits per heavy atom. The van der Waals surface area contributed by atoms with Crippen LogP contribution in [-0.4, -0.2) is 35.5 Å². The molecule has 0 aliphatic heterocycles. The first-order chi connectivity index (χ1) is 4.04. The molecule has 3 radical (unpaired) electrons. The summed E-state index contributed by atoms with van der Waals surface area (Å²) >= 11 is 0. The third-order valence-electron chi connectivity index (χ3n) is 0.784. The van der Waals surface area contributed by atoms with E-state index in [0.717, 1.165) is 4.90 Å². The van der Waals surface area contributed by atoms with E-state index in [4.69, 9.17) is 16.2 Å². The van der Waals surface area contributed by atoms with E-state index in [1.54, 1.807) is 0 Å². The van der Waals surface area contributed by atoms with Gasteiger partial charge in [0.1, 0.15) is 6.54 Å². The van der Waals surface area contributed by atoms with Crippen LogP contribution in [0.1, 0.15) is 0 Å². The van der Waals surface area contributed by atoms with Gasteiger partial charge in [-0.1, -0.05) is 0 Å². The van der Waals surface area contributed by atoms with Crippen LogP contribution in [0, 0.1) is 5.41 Å². The Balaban J connectivity index is 0. The average Bonchev–Trinajstić information content (AvgIpc) is 1.63. The first-order valence-electron chi connectivity index (χ1n) is 2.31. The molecule has 6 heteroatoms. The molecule has 0 saturated carbocycles. The zero-order valence-electron chi connectivity index (χ0n) is 5.53. The average molecular weight is 162 g/mol. The molecule has 5 nitrogen and oxygen atoms in total. The van der Waals surface area contributed by atoms with Gasteiger partial charge in [0.15, 0.2) is 5.96 Å². The Kier molecular flexibility index (Phi) is 5.95. The lowest BCUT2D eigenvalue weighted by Crippen LogP contribution is -2.36. The molecule has 0 aromatic carbocycles. The Morgan fingerprint density at radius 1 is 1.80 bits per heavy atom. The summed E-state index contributed by atoms with van der Waals surface area (Å²) in [5.74, 6) is -1.23. The molecule has 0 aliphatic carbocycles. The van der Waals surface area contributed by atoms with Crippen molar-refractivity contribution in [2.24, 2.45) is 5.73 Å². The van der Waals surface area contributed by atoms with Gasteiger partial charge < -0.3 is 15.7 Å². The first kappa shape index (κ1) is 11.9. The number of carbonyl (C=O) groups is 1. The lowest BCUT2D eigenvalue weighted by atomic mass is 10.6. The second kappa shape index (κ2) is 4.99. The summed E-state index contributed by atoms with van der Waals surface area (Å²) in [7, 11) is 1.44. The molecule has 0 rings (SSSR count). The summed E-state index contributed by atoms with van der Waals surface area (Å²) in [4.78, 5) is 11.0. The second-order valence-electron chi connectivity index (χ2n) is 1.64. The van der Waals surface area contributed by atoms with Crippen molar-refractivity contribution in [3.8, 4) is 0 Å². The van der Waals surface area contributed by atoms with Gasteiger partial charge in [-0.3, -0.25) is 10.2 Å². The predicted molar refractivity (Wildman–Crippen MR) is 39.1 cm³/mol. The number of aliphatic carboxylic acids is 1. The summed E-state index contributed by atoms with van der Waals surface area (Å²) in [6, 6.07) is 0. The molecular weight excluding hydrogens is 153 g/mol. The third kappa shape index (κ3) is 5.31. The van der Waals surface area contributed by atoms with Crippen LogP contribution in [0.5, 0.6) is 0 Å². The molecule has 0 aromatic heterocycles.